The highest BCUT2D eigenvalue weighted by Crippen LogP contribution is 2.14. The third kappa shape index (κ3) is 15.4. The zero-order chi connectivity index (χ0) is 17.3. The second kappa shape index (κ2) is 15.6. The number of rotatable bonds is 16. The van der Waals surface area contributed by atoms with Gasteiger partial charge in [-0.15, -0.1) is 0 Å². The molecule has 0 fully saturated rings. The molecular weight excluding hydrogens is 292 g/mol. The van der Waals surface area contributed by atoms with E-state index in [2.05, 4.69) is 6.92 Å². The fraction of sp³-hybridized carbons (Fsp3) is 0.789. The van der Waals surface area contributed by atoms with Gasteiger partial charge in [-0.2, -0.15) is 0 Å². The van der Waals surface area contributed by atoms with Crippen molar-refractivity contribution in [2.24, 2.45) is 0 Å². The first-order chi connectivity index (χ1) is 11.1. The number of aliphatic carboxylic acids is 2. The van der Waals surface area contributed by atoms with E-state index in [0.29, 0.717) is 18.4 Å². The normalized spacial score (nSPS) is 11.6. The average molecular weight is 326 g/mol. The molecule has 0 radical (unpaired) electrons. The Balaban J connectivity index is 3.69. The van der Waals surface area contributed by atoms with E-state index >= 15 is 0 Å². The van der Waals surface area contributed by atoms with Crippen LogP contribution in [0.5, 0.6) is 0 Å². The maximum absolute atomic E-state index is 11.2. The van der Waals surface area contributed by atoms with Crippen LogP contribution in [0.2, 0.25) is 0 Å². The van der Waals surface area contributed by atoms with Gasteiger partial charge in [0.25, 0.3) is 0 Å². The van der Waals surface area contributed by atoms with Gasteiger partial charge < -0.3 is 10.2 Å². The Labute approximate surface area is 141 Å². The number of hydrogen-bond donors (Lipinski definition) is 2. The molecule has 0 saturated heterocycles. The first-order valence-corrected chi connectivity index (χ1v) is 9.22. The zero-order valence-electron chi connectivity index (χ0n) is 14.7. The van der Waals surface area contributed by atoms with Crippen LogP contribution in [0.15, 0.2) is 11.6 Å². The Morgan fingerprint density at radius 3 is 1.83 bits per heavy atom. The smallest absolute Gasteiger partial charge is 0.331 e. The number of hydrogen-bond acceptors (Lipinski definition) is 2. The molecule has 0 rings (SSSR count). The summed E-state index contributed by atoms with van der Waals surface area (Å²) in [4.78, 5) is 21.6. The number of carbonyl (C=O) groups is 2. The van der Waals surface area contributed by atoms with Crippen molar-refractivity contribution in [2.45, 2.75) is 96.8 Å². The fourth-order valence-electron chi connectivity index (χ4n) is 2.62. The second-order valence-electron chi connectivity index (χ2n) is 6.25. The lowest BCUT2D eigenvalue weighted by molar-refractivity contribution is -0.137. The topological polar surface area (TPSA) is 74.6 Å². The minimum Gasteiger partial charge on any atom is -0.481 e. The molecule has 2 N–H and O–H groups in total. The average Bonchev–Trinajstić information content (AvgIpc) is 2.50. The maximum atomic E-state index is 11.2. The van der Waals surface area contributed by atoms with Gasteiger partial charge in [-0.3, -0.25) is 4.79 Å². The summed E-state index contributed by atoms with van der Waals surface area (Å²) in [5.41, 5.74) is 0.489. The summed E-state index contributed by atoms with van der Waals surface area (Å²) in [6, 6.07) is 0. The lowest BCUT2D eigenvalue weighted by atomic mass is 10.0. The van der Waals surface area contributed by atoms with Crippen molar-refractivity contribution in [3.8, 4) is 0 Å². The lowest BCUT2D eigenvalue weighted by Crippen LogP contribution is -2.01. The van der Waals surface area contributed by atoms with E-state index in [4.69, 9.17) is 5.11 Å². The monoisotopic (exact) mass is 326 g/mol. The summed E-state index contributed by atoms with van der Waals surface area (Å²) < 4.78 is 0. The molecule has 0 aromatic heterocycles. The molecule has 0 aliphatic heterocycles. The van der Waals surface area contributed by atoms with Crippen LogP contribution < -0.4 is 0 Å². The Bertz CT molecular complexity index is 347. The lowest BCUT2D eigenvalue weighted by Gasteiger charge is -2.03. The largest absolute Gasteiger partial charge is 0.481 e. The number of carboxylic acid groups (broad SMARTS) is 2. The first-order valence-electron chi connectivity index (χ1n) is 9.22. The van der Waals surface area contributed by atoms with Gasteiger partial charge in [0.2, 0.25) is 0 Å². The summed E-state index contributed by atoms with van der Waals surface area (Å²) in [6.07, 6.45) is 15.6. The van der Waals surface area contributed by atoms with Gasteiger partial charge in [0.15, 0.2) is 0 Å². The molecule has 0 aromatic rings. The zero-order valence-corrected chi connectivity index (χ0v) is 14.7. The third-order valence-electron chi connectivity index (χ3n) is 4.06. The number of allylic oxidation sites excluding steroid dienone is 1. The molecule has 0 heterocycles. The molecule has 0 aromatic carbocycles. The molecule has 0 saturated carbocycles. The Morgan fingerprint density at radius 2 is 1.26 bits per heavy atom. The van der Waals surface area contributed by atoms with E-state index in [1.54, 1.807) is 0 Å². The maximum Gasteiger partial charge on any atom is 0.331 e. The van der Waals surface area contributed by atoms with E-state index < -0.39 is 11.9 Å². The highest BCUT2D eigenvalue weighted by molar-refractivity contribution is 5.86. The number of unbranched alkanes of at least 4 members (excludes halogenated alkanes) is 10. The van der Waals surface area contributed by atoms with Gasteiger partial charge in [0.05, 0.1) is 0 Å². The van der Waals surface area contributed by atoms with E-state index in [1.807, 2.05) is 6.08 Å². The molecule has 134 valence electrons. The third-order valence-corrected chi connectivity index (χ3v) is 4.06. The molecule has 0 aliphatic rings. The SMILES string of the molecule is CCCCCCCCCCC=C(CCCCCC(=O)O)C(=O)O. The van der Waals surface area contributed by atoms with E-state index in [9.17, 15) is 14.7 Å². The Hall–Kier alpha value is -1.32. The summed E-state index contributed by atoms with van der Waals surface area (Å²) in [6.45, 7) is 2.22. The summed E-state index contributed by atoms with van der Waals surface area (Å²) in [7, 11) is 0. The van der Waals surface area contributed by atoms with Gasteiger partial charge in [0, 0.05) is 12.0 Å². The Kier molecular flexibility index (Phi) is 14.7. The van der Waals surface area contributed by atoms with E-state index in [-0.39, 0.29) is 6.42 Å². The van der Waals surface area contributed by atoms with Crippen LogP contribution >= 0.6 is 0 Å². The first kappa shape index (κ1) is 21.7. The van der Waals surface area contributed by atoms with Crippen LogP contribution in [0, 0.1) is 0 Å². The Morgan fingerprint density at radius 1 is 0.739 bits per heavy atom. The van der Waals surface area contributed by atoms with Crippen molar-refractivity contribution in [1.82, 2.24) is 0 Å². The predicted octanol–water partition coefficient (Wildman–Crippen LogP) is 5.56. The van der Waals surface area contributed by atoms with Crippen LogP contribution in [0.25, 0.3) is 0 Å². The molecule has 0 spiro atoms. The van der Waals surface area contributed by atoms with Gasteiger partial charge in [0.1, 0.15) is 0 Å². The molecule has 0 atom stereocenters. The standard InChI is InChI=1S/C19H34O4/c1-2-3-4-5-6-7-8-9-11-14-17(19(22)23)15-12-10-13-16-18(20)21/h14H,2-13,15-16H2,1H3,(H,20,21)(H,22,23). The van der Waals surface area contributed by atoms with Crippen LogP contribution in [0.3, 0.4) is 0 Å². The summed E-state index contributed by atoms with van der Waals surface area (Å²) >= 11 is 0. The van der Waals surface area contributed by atoms with Crippen molar-refractivity contribution in [3.05, 3.63) is 11.6 Å². The van der Waals surface area contributed by atoms with E-state index in [0.717, 1.165) is 25.7 Å². The van der Waals surface area contributed by atoms with Crippen LogP contribution in [-0.4, -0.2) is 22.2 Å². The van der Waals surface area contributed by atoms with Crippen molar-refractivity contribution in [2.75, 3.05) is 0 Å². The molecule has 4 nitrogen and oxygen atoms in total. The van der Waals surface area contributed by atoms with Gasteiger partial charge in [-0.1, -0.05) is 64.4 Å². The number of carboxylic acids is 2. The summed E-state index contributed by atoms with van der Waals surface area (Å²) in [5.74, 6) is -1.61. The minimum absolute atomic E-state index is 0.171. The molecule has 0 unspecified atom stereocenters. The fourth-order valence-corrected chi connectivity index (χ4v) is 2.62. The van der Waals surface area contributed by atoms with Crippen LogP contribution in [0.1, 0.15) is 96.8 Å². The van der Waals surface area contributed by atoms with E-state index in [1.165, 1.54) is 44.9 Å². The molecule has 0 amide bonds. The molecule has 0 bridgehead atoms. The van der Waals surface area contributed by atoms with Crippen molar-refractivity contribution >= 4 is 11.9 Å². The predicted molar refractivity (Wildman–Crippen MR) is 93.7 cm³/mol. The van der Waals surface area contributed by atoms with Gasteiger partial charge in [-0.05, 0) is 32.1 Å². The molecular formula is C19H34O4. The molecule has 4 heteroatoms. The van der Waals surface area contributed by atoms with Gasteiger partial charge >= 0.3 is 11.9 Å². The second-order valence-corrected chi connectivity index (χ2v) is 6.25. The minimum atomic E-state index is -0.831. The highest BCUT2D eigenvalue weighted by Gasteiger charge is 2.06. The molecule has 0 aliphatic carbocycles. The molecule has 23 heavy (non-hydrogen) atoms. The van der Waals surface area contributed by atoms with Crippen molar-refractivity contribution in [3.63, 3.8) is 0 Å². The van der Waals surface area contributed by atoms with Crippen LogP contribution in [-0.2, 0) is 9.59 Å². The highest BCUT2D eigenvalue weighted by atomic mass is 16.4. The van der Waals surface area contributed by atoms with Crippen molar-refractivity contribution in [1.29, 1.82) is 0 Å². The van der Waals surface area contributed by atoms with Crippen molar-refractivity contribution < 1.29 is 19.8 Å². The quantitative estimate of drug-likeness (QED) is 0.287. The van der Waals surface area contributed by atoms with Crippen LogP contribution in [0.4, 0.5) is 0 Å². The van der Waals surface area contributed by atoms with Gasteiger partial charge in [-0.25, -0.2) is 4.79 Å². The summed E-state index contributed by atoms with van der Waals surface area (Å²) in [5, 5.41) is 17.7.